The fourth-order valence-corrected chi connectivity index (χ4v) is 4.14. The van der Waals surface area contributed by atoms with Crippen LogP contribution in [0.1, 0.15) is 22.7 Å². The quantitative estimate of drug-likeness (QED) is 0.580. The minimum Gasteiger partial charge on any atom is -0.340 e. The van der Waals surface area contributed by atoms with Gasteiger partial charge in [-0.3, -0.25) is 9.69 Å². The van der Waals surface area contributed by atoms with Crippen molar-refractivity contribution in [2.45, 2.75) is 12.5 Å². The largest absolute Gasteiger partial charge is 0.340 e. The van der Waals surface area contributed by atoms with Crippen molar-refractivity contribution in [1.29, 1.82) is 0 Å². The normalized spacial score (nSPS) is 15.7. The van der Waals surface area contributed by atoms with Crippen molar-refractivity contribution in [3.05, 3.63) is 106 Å². The Morgan fingerprint density at radius 1 is 0.833 bits per heavy atom. The number of hydrogen-bond donors (Lipinski definition) is 0. The first kappa shape index (κ1) is 20.6. The van der Waals surface area contributed by atoms with Crippen molar-refractivity contribution < 1.29 is 9.18 Å². The molecule has 1 aliphatic heterocycles. The van der Waals surface area contributed by atoms with Gasteiger partial charge in [0.15, 0.2) is 0 Å². The fraction of sp³-hybridized carbons (Fsp3) is 0.240. The highest BCUT2D eigenvalue weighted by Crippen LogP contribution is 2.30. The van der Waals surface area contributed by atoms with E-state index >= 15 is 0 Å². The molecule has 154 valence electrons. The molecule has 3 aromatic carbocycles. The lowest BCUT2D eigenvalue weighted by Gasteiger charge is -2.40. The molecule has 5 heteroatoms. The van der Waals surface area contributed by atoms with Crippen LogP contribution in [0.3, 0.4) is 0 Å². The Hall–Kier alpha value is -2.69. The van der Waals surface area contributed by atoms with E-state index in [1.807, 2.05) is 23.1 Å². The number of halogens is 2. The Kier molecular flexibility index (Phi) is 6.46. The van der Waals surface area contributed by atoms with Crippen LogP contribution in [0.25, 0.3) is 0 Å². The lowest BCUT2D eigenvalue weighted by atomic mass is 9.96. The van der Waals surface area contributed by atoms with E-state index in [9.17, 15) is 9.18 Å². The number of piperazine rings is 1. The number of carbonyl (C=O) groups is 1. The molecule has 0 radical (unpaired) electrons. The molecule has 30 heavy (non-hydrogen) atoms. The summed E-state index contributed by atoms with van der Waals surface area (Å²) in [6, 6.07) is 24.7. The molecule has 4 rings (SSSR count). The van der Waals surface area contributed by atoms with E-state index in [4.69, 9.17) is 11.6 Å². The van der Waals surface area contributed by atoms with Gasteiger partial charge in [0.2, 0.25) is 5.91 Å². The van der Waals surface area contributed by atoms with E-state index in [0.29, 0.717) is 19.5 Å². The molecule has 3 aromatic rings. The average Bonchev–Trinajstić information content (AvgIpc) is 2.78. The molecule has 0 N–H and O–H groups in total. The Morgan fingerprint density at radius 3 is 2.07 bits per heavy atom. The van der Waals surface area contributed by atoms with Gasteiger partial charge in [-0.25, -0.2) is 4.39 Å². The molecule has 1 atom stereocenters. The first-order valence-corrected chi connectivity index (χ1v) is 10.5. The van der Waals surface area contributed by atoms with E-state index in [0.717, 1.165) is 23.7 Å². The summed E-state index contributed by atoms with van der Waals surface area (Å²) in [5.41, 5.74) is 3.26. The van der Waals surface area contributed by atoms with Crippen molar-refractivity contribution in [3.8, 4) is 0 Å². The molecule has 3 nitrogen and oxygen atoms in total. The van der Waals surface area contributed by atoms with Gasteiger partial charge in [0, 0.05) is 31.2 Å². The van der Waals surface area contributed by atoms with E-state index < -0.39 is 0 Å². The van der Waals surface area contributed by atoms with Gasteiger partial charge >= 0.3 is 0 Å². The summed E-state index contributed by atoms with van der Waals surface area (Å²) in [4.78, 5) is 17.0. The predicted molar refractivity (Wildman–Crippen MR) is 118 cm³/mol. The van der Waals surface area contributed by atoms with Gasteiger partial charge in [-0.1, -0.05) is 66.2 Å². The molecular formula is C25H24ClFN2O. The summed E-state index contributed by atoms with van der Waals surface area (Å²) >= 11 is 6.10. The summed E-state index contributed by atoms with van der Waals surface area (Å²) in [6.07, 6.45) is 0.305. The molecule has 0 saturated carbocycles. The number of hydrogen-bond acceptors (Lipinski definition) is 2. The van der Waals surface area contributed by atoms with Crippen molar-refractivity contribution in [1.82, 2.24) is 9.80 Å². The minimum atomic E-state index is -0.283. The van der Waals surface area contributed by atoms with Gasteiger partial charge < -0.3 is 4.90 Å². The first-order chi connectivity index (χ1) is 14.6. The zero-order chi connectivity index (χ0) is 20.9. The van der Waals surface area contributed by atoms with Gasteiger partial charge in [0.05, 0.1) is 12.5 Å². The second-order valence-electron chi connectivity index (χ2n) is 7.58. The number of benzene rings is 3. The van der Waals surface area contributed by atoms with E-state index in [2.05, 4.69) is 41.3 Å². The van der Waals surface area contributed by atoms with Crippen molar-refractivity contribution >= 4 is 17.5 Å². The van der Waals surface area contributed by atoms with Crippen LogP contribution in [0.2, 0.25) is 5.02 Å². The predicted octanol–water partition coefficient (Wildman–Crippen LogP) is 4.96. The molecule has 1 heterocycles. The van der Waals surface area contributed by atoms with Crippen LogP contribution < -0.4 is 0 Å². The maximum absolute atomic E-state index is 13.1. The summed E-state index contributed by atoms with van der Waals surface area (Å²) in [6.45, 7) is 2.93. The fourth-order valence-electron chi connectivity index (χ4n) is 4.01. The third-order valence-corrected chi connectivity index (χ3v) is 5.85. The van der Waals surface area contributed by atoms with Crippen LogP contribution in [0.4, 0.5) is 4.39 Å². The smallest absolute Gasteiger partial charge is 0.227 e. The lowest BCUT2D eigenvalue weighted by Crippen LogP contribution is -2.50. The third kappa shape index (κ3) is 4.89. The van der Waals surface area contributed by atoms with E-state index in [1.165, 1.54) is 23.3 Å². The molecular weight excluding hydrogens is 399 g/mol. The molecule has 1 fully saturated rings. The maximum atomic E-state index is 13.1. The van der Waals surface area contributed by atoms with Gasteiger partial charge in [0.25, 0.3) is 0 Å². The zero-order valence-electron chi connectivity index (χ0n) is 16.7. The molecule has 1 unspecified atom stereocenters. The van der Waals surface area contributed by atoms with Crippen molar-refractivity contribution in [2.24, 2.45) is 0 Å². The lowest BCUT2D eigenvalue weighted by molar-refractivity contribution is -0.132. The Bertz CT molecular complexity index is 968. The number of carbonyl (C=O) groups excluding carboxylic acids is 1. The molecule has 1 aliphatic rings. The SMILES string of the molecule is O=C(Cc1ccc(F)cc1)N1CCN(C(c2ccccc2)c2ccc(Cl)cc2)CC1. The van der Waals surface area contributed by atoms with Crippen molar-refractivity contribution in [2.75, 3.05) is 26.2 Å². The Balaban J connectivity index is 1.45. The highest BCUT2D eigenvalue weighted by atomic mass is 35.5. The van der Waals surface area contributed by atoms with Crippen LogP contribution in [0.15, 0.2) is 78.9 Å². The van der Waals surface area contributed by atoms with Gasteiger partial charge in [-0.05, 0) is 41.0 Å². The van der Waals surface area contributed by atoms with Gasteiger partial charge in [-0.15, -0.1) is 0 Å². The van der Waals surface area contributed by atoms with E-state index in [1.54, 1.807) is 12.1 Å². The second kappa shape index (κ2) is 9.41. The zero-order valence-corrected chi connectivity index (χ0v) is 17.4. The minimum absolute atomic E-state index is 0.0870. The first-order valence-electron chi connectivity index (χ1n) is 10.2. The topological polar surface area (TPSA) is 23.6 Å². The third-order valence-electron chi connectivity index (χ3n) is 5.60. The van der Waals surface area contributed by atoms with Gasteiger partial charge in [-0.2, -0.15) is 0 Å². The highest BCUT2D eigenvalue weighted by molar-refractivity contribution is 6.30. The molecule has 0 aliphatic carbocycles. The highest BCUT2D eigenvalue weighted by Gasteiger charge is 2.28. The number of rotatable bonds is 5. The average molecular weight is 423 g/mol. The Labute approximate surface area is 181 Å². The summed E-state index contributed by atoms with van der Waals surface area (Å²) in [5.74, 6) is -0.196. The van der Waals surface area contributed by atoms with Crippen LogP contribution in [0.5, 0.6) is 0 Å². The molecule has 1 amide bonds. The van der Waals surface area contributed by atoms with Crippen LogP contribution in [0, 0.1) is 5.82 Å². The van der Waals surface area contributed by atoms with Crippen molar-refractivity contribution in [3.63, 3.8) is 0 Å². The molecule has 0 spiro atoms. The van der Waals surface area contributed by atoms with Crippen LogP contribution >= 0.6 is 11.6 Å². The monoisotopic (exact) mass is 422 g/mol. The van der Waals surface area contributed by atoms with E-state index in [-0.39, 0.29) is 17.8 Å². The summed E-state index contributed by atoms with van der Waals surface area (Å²) in [5, 5.41) is 0.724. The molecule has 1 saturated heterocycles. The number of amides is 1. The maximum Gasteiger partial charge on any atom is 0.227 e. The summed E-state index contributed by atoms with van der Waals surface area (Å²) in [7, 11) is 0. The van der Waals surface area contributed by atoms with Crippen LogP contribution in [-0.2, 0) is 11.2 Å². The van der Waals surface area contributed by atoms with Gasteiger partial charge in [0.1, 0.15) is 5.82 Å². The summed E-state index contributed by atoms with van der Waals surface area (Å²) < 4.78 is 13.1. The Morgan fingerprint density at radius 2 is 1.43 bits per heavy atom. The molecule has 0 bridgehead atoms. The molecule has 0 aromatic heterocycles. The number of nitrogens with zero attached hydrogens (tertiary/aromatic N) is 2. The van der Waals surface area contributed by atoms with Crippen LogP contribution in [-0.4, -0.2) is 41.9 Å². The standard InChI is InChI=1S/C25H24ClFN2O/c26-22-10-8-21(9-11-22)25(20-4-2-1-3-5-20)29-16-14-28(15-17-29)24(30)18-19-6-12-23(27)13-7-19/h1-13,25H,14-18H2. The second-order valence-corrected chi connectivity index (χ2v) is 8.02.